The molecule has 0 spiro atoms. The van der Waals surface area contributed by atoms with E-state index in [0.29, 0.717) is 18.4 Å². The number of ether oxygens (including phenoxy) is 3. The highest BCUT2D eigenvalue weighted by atomic mass is 16.5. The van der Waals surface area contributed by atoms with Crippen LogP contribution in [0.3, 0.4) is 0 Å². The summed E-state index contributed by atoms with van der Waals surface area (Å²) >= 11 is 0. The lowest BCUT2D eigenvalue weighted by atomic mass is 9.98. The Morgan fingerprint density at radius 3 is 2.50 bits per heavy atom. The van der Waals surface area contributed by atoms with Crippen molar-refractivity contribution in [1.29, 1.82) is 0 Å². The SMILES string of the molecule is CCOc1cc2c(cc1OC)CCN(Cc1ccnc(Oc3ccc(C(C)C)cc3)c1)C2. The Bertz CT molecular complexity index is 1050. The molecule has 5 heteroatoms. The van der Waals surface area contributed by atoms with Gasteiger partial charge in [-0.25, -0.2) is 4.98 Å². The molecule has 0 atom stereocenters. The summed E-state index contributed by atoms with van der Waals surface area (Å²) < 4.78 is 17.3. The summed E-state index contributed by atoms with van der Waals surface area (Å²) in [5.41, 5.74) is 5.13. The van der Waals surface area contributed by atoms with Crippen LogP contribution in [0.5, 0.6) is 23.1 Å². The van der Waals surface area contributed by atoms with Crippen LogP contribution in [0.2, 0.25) is 0 Å². The Kier molecular flexibility index (Phi) is 6.96. The lowest BCUT2D eigenvalue weighted by Gasteiger charge is -2.29. The van der Waals surface area contributed by atoms with Crippen LogP contribution in [-0.4, -0.2) is 30.1 Å². The van der Waals surface area contributed by atoms with Crippen molar-refractivity contribution in [2.75, 3.05) is 20.3 Å². The van der Waals surface area contributed by atoms with Gasteiger partial charge in [-0.2, -0.15) is 0 Å². The van der Waals surface area contributed by atoms with E-state index in [1.54, 1.807) is 7.11 Å². The van der Waals surface area contributed by atoms with E-state index in [-0.39, 0.29) is 0 Å². The maximum absolute atomic E-state index is 6.01. The summed E-state index contributed by atoms with van der Waals surface area (Å²) in [6, 6.07) is 16.6. The smallest absolute Gasteiger partial charge is 0.219 e. The van der Waals surface area contributed by atoms with E-state index in [9.17, 15) is 0 Å². The molecule has 0 aliphatic carbocycles. The topological polar surface area (TPSA) is 43.8 Å². The quantitative estimate of drug-likeness (QED) is 0.439. The number of hydrogen-bond acceptors (Lipinski definition) is 5. The summed E-state index contributed by atoms with van der Waals surface area (Å²) in [4.78, 5) is 6.85. The molecule has 3 aromatic rings. The molecule has 1 aliphatic rings. The summed E-state index contributed by atoms with van der Waals surface area (Å²) in [6.45, 7) is 9.72. The third-order valence-electron chi connectivity index (χ3n) is 5.85. The van der Waals surface area contributed by atoms with Gasteiger partial charge >= 0.3 is 0 Å². The fourth-order valence-electron chi connectivity index (χ4n) is 4.09. The monoisotopic (exact) mass is 432 g/mol. The lowest BCUT2D eigenvalue weighted by molar-refractivity contribution is 0.243. The van der Waals surface area contributed by atoms with Crippen LogP contribution in [-0.2, 0) is 19.5 Å². The van der Waals surface area contributed by atoms with Gasteiger partial charge in [-0.1, -0.05) is 26.0 Å². The molecule has 0 radical (unpaired) electrons. The molecule has 1 aromatic heterocycles. The fraction of sp³-hybridized carbons (Fsp3) is 0.370. The van der Waals surface area contributed by atoms with Crippen LogP contribution in [0.1, 0.15) is 48.9 Å². The average molecular weight is 433 g/mol. The molecule has 32 heavy (non-hydrogen) atoms. The van der Waals surface area contributed by atoms with Crippen molar-refractivity contribution in [2.45, 2.75) is 46.2 Å². The maximum atomic E-state index is 6.01. The minimum Gasteiger partial charge on any atom is -0.493 e. The first-order valence-electron chi connectivity index (χ1n) is 11.3. The summed E-state index contributed by atoms with van der Waals surface area (Å²) in [5, 5.41) is 0. The first-order valence-corrected chi connectivity index (χ1v) is 11.3. The third-order valence-corrected chi connectivity index (χ3v) is 5.85. The van der Waals surface area contributed by atoms with Crippen molar-refractivity contribution in [3.05, 3.63) is 77.0 Å². The Labute approximate surface area is 191 Å². The molecule has 0 unspecified atom stereocenters. The molecule has 168 valence electrons. The summed E-state index contributed by atoms with van der Waals surface area (Å²) in [7, 11) is 1.70. The zero-order valence-corrected chi connectivity index (χ0v) is 19.4. The molecular formula is C27H32N2O3. The summed E-state index contributed by atoms with van der Waals surface area (Å²) in [5.74, 6) is 3.57. The number of nitrogens with zero attached hydrogens (tertiary/aromatic N) is 2. The van der Waals surface area contributed by atoms with Crippen molar-refractivity contribution in [3.63, 3.8) is 0 Å². The van der Waals surface area contributed by atoms with Crippen LogP contribution >= 0.6 is 0 Å². The van der Waals surface area contributed by atoms with Gasteiger partial charge in [0.15, 0.2) is 11.5 Å². The molecule has 0 saturated heterocycles. The lowest BCUT2D eigenvalue weighted by Crippen LogP contribution is -2.30. The Morgan fingerprint density at radius 2 is 1.78 bits per heavy atom. The number of fused-ring (bicyclic) bond motifs is 1. The standard InChI is InChI=1S/C27H32N2O3/c1-5-31-26-16-23-18-29(13-11-22(23)15-25(26)30-4)17-20-10-12-28-27(14-20)32-24-8-6-21(7-9-24)19(2)3/h6-10,12,14-16,19H,5,11,13,17-18H2,1-4H3. The second-order valence-electron chi connectivity index (χ2n) is 8.49. The second kappa shape index (κ2) is 10.0. The van der Waals surface area contributed by atoms with E-state index < -0.39 is 0 Å². The Morgan fingerprint density at radius 1 is 1.00 bits per heavy atom. The van der Waals surface area contributed by atoms with Crippen molar-refractivity contribution in [2.24, 2.45) is 0 Å². The van der Waals surface area contributed by atoms with Gasteiger partial charge in [-0.3, -0.25) is 4.90 Å². The van der Waals surface area contributed by atoms with Crippen molar-refractivity contribution in [3.8, 4) is 23.1 Å². The molecule has 0 fully saturated rings. The predicted molar refractivity (Wildman–Crippen MR) is 127 cm³/mol. The molecule has 0 saturated carbocycles. The number of aromatic nitrogens is 1. The highest BCUT2D eigenvalue weighted by molar-refractivity contribution is 5.48. The van der Waals surface area contributed by atoms with E-state index in [2.05, 4.69) is 54.1 Å². The molecule has 0 N–H and O–H groups in total. The Hall–Kier alpha value is -3.05. The molecule has 0 bridgehead atoms. The average Bonchev–Trinajstić information content (AvgIpc) is 2.79. The number of benzene rings is 2. The summed E-state index contributed by atoms with van der Waals surface area (Å²) in [6.07, 6.45) is 2.82. The van der Waals surface area contributed by atoms with Gasteiger partial charge in [0, 0.05) is 31.9 Å². The largest absolute Gasteiger partial charge is 0.493 e. The van der Waals surface area contributed by atoms with Gasteiger partial charge in [-0.05, 0) is 71.8 Å². The molecule has 4 rings (SSSR count). The number of hydrogen-bond donors (Lipinski definition) is 0. The first kappa shape index (κ1) is 22.2. The number of methoxy groups -OCH3 is 1. The van der Waals surface area contributed by atoms with E-state index in [1.165, 1.54) is 22.3 Å². The number of pyridine rings is 1. The minimum absolute atomic E-state index is 0.505. The van der Waals surface area contributed by atoms with Crippen molar-refractivity contribution < 1.29 is 14.2 Å². The van der Waals surface area contributed by atoms with E-state index in [4.69, 9.17) is 14.2 Å². The van der Waals surface area contributed by atoms with Gasteiger partial charge < -0.3 is 14.2 Å². The molecule has 0 amide bonds. The van der Waals surface area contributed by atoms with Gasteiger partial charge in [-0.15, -0.1) is 0 Å². The van der Waals surface area contributed by atoms with Crippen LogP contribution in [0.15, 0.2) is 54.7 Å². The van der Waals surface area contributed by atoms with E-state index in [1.807, 2.05) is 31.3 Å². The number of rotatable bonds is 8. The van der Waals surface area contributed by atoms with Crippen LogP contribution in [0, 0.1) is 0 Å². The van der Waals surface area contributed by atoms with Crippen LogP contribution in [0.4, 0.5) is 0 Å². The minimum atomic E-state index is 0.505. The van der Waals surface area contributed by atoms with E-state index in [0.717, 1.165) is 43.3 Å². The molecule has 1 aliphatic heterocycles. The second-order valence-corrected chi connectivity index (χ2v) is 8.49. The maximum Gasteiger partial charge on any atom is 0.219 e. The normalized spacial score (nSPS) is 13.7. The predicted octanol–water partition coefficient (Wildman–Crippen LogP) is 5.96. The zero-order chi connectivity index (χ0) is 22.5. The first-order chi connectivity index (χ1) is 15.6. The molecule has 5 nitrogen and oxygen atoms in total. The Balaban J connectivity index is 1.43. The van der Waals surface area contributed by atoms with Gasteiger partial charge in [0.1, 0.15) is 5.75 Å². The van der Waals surface area contributed by atoms with E-state index >= 15 is 0 Å². The molecule has 2 heterocycles. The third kappa shape index (κ3) is 5.22. The molecular weight excluding hydrogens is 400 g/mol. The van der Waals surface area contributed by atoms with Crippen molar-refractivity contribution in [1.82, 2.24) is 9.88 Å². The highest BCUT2D eigenvalue weighted by Crippen LogP contribution is 2.34. The fourth-order valence-corrected chi connectivity index (χ4v) is 4.09. The van der Waals surface area contributed by atoms with Crippen LogP contribution < -0.4 is 14.2 Å². The van der Waals surface area contributed by atoms with Gasteiger partial charge in [0.2, 0.25) is 5.88 Å². The van der Waals surface area contributed by atoms with Gasteiger partial charge in [0.25, 0.3) is 0 Å². The van der Waals surface area contributed by atoms with Crippen molar-refractivity contribution >= 4 is 0 Å². The molecule has 2 aromatic carbocycles. The highest BCUT2D eigenvalue weighted by Gasteiger charge is 2.20. The van der Waals surface area contributed by atoms with Gasteiger partial charge in [0.05, 0.1) is 13.7 Å². The zero-order valence-electron chi connectivity index (χ0n) is 19.4. The van der Waals surface area contributed by atoms with Crippen LogP contribution in [0.25, 0.3) is 0 Å².